The van der Waals surface area contributed by atoms with Crippen molar-refractivity contribution in [1.82, 2.24) is 5.32 Å². The average Bonchev–Trinajstić information content (AvgIpc) is 2.99. The van der Waals surface area contributed by atoms with Crippen LogP contribution in [0.2, 0.25) is 5.02 Å². The van der Waals surface area contributed by atoms with Crippen LogP contribution < -0.4 is 10.1 Å². The third-order valence-corrected chi connectivity index (χ3v) is 4.31. The molecule has 0 bridgehead atoms. The number of halogens is 1. The standard InChI is InChI=1S/C15H18ClNO4/c1-15(2)11(12(15)14(19)20)13(18)17-7-8-6-9(16)4-5-10(8)21-3/h4-6,11-12H,7H2,1-3H3,(H,17,18)(H,19,20)/t11-,12+/m0/s1. The molecule has 0 aromatic heterocycles. The van der Waals surface area contributed by atoms with Crippen LogP contribution in [0.15, 0.2) is 18.2 Å². The molecule has 6 heteroatoms. The van der Waals surface area contributed by atoms with E-state index in [0.717, 1.165) is 5.56 Å². The third-order valence-electron chi connectivity index (χ3n) is 4.07. The quantitative estimate of drug-likeness (QED) is 0.875. The van der Waals surface area contributed by atoms with Crippen molar-refractivity contribution in [3.05, 3.63) is 28.8 Å². The lowest BCUT2D eigenvalue weighted by Gasteiger charge is -2.10. The van der Waals surface area contributed by atoms with Crippen LogP contribution in [0.5, 0.6) is 5.75 Å². The first-order valence-corrected chi connectivity index (χ1v) is 6.99. The molecule has 1 saturated carbocycles. The Morgan fingerprint density at radius 2 is 2.05 bits per heavy atom. The Labute approximate surface area is 128 Å². The number of rotatable bonds is 5. The number of methoxy groups -OCH3 is 1. The Morgan fingerprint density at radius 1 is 1.38 bits per heavy atom. The molecule has 1 aromatic rings. The van der Waals surface area contributed by atoms with Gasteiger partial charge in [0.2, 0.25) is 5.91 Å². The van der Waals surface area contributed by atoms with Gasteiger partial charge in [-0.1, -0.05) is 25.4 Å². The molecule has 2 atom stereocenters. The molecule has 1 aromatic carbocycles. The second-order valence-electron chi connectivity index (χ2n) is 5.79. The highest BCUT2D eigenvalue weighted by Crippen LogP contribution is 2.58. The minimum atomic E-state index is -0.930. The predicted octanol–water partition coefficient (Wildman–Crippen LogP) is 2.32. The molecule has 5 nitrogen and oxygen atoms in total. The van der Waals surface area contributed by atoms with Gasteiger partial charge in [0.05, 0.1) is 18.9 Å². The molecule has 1 fully saturated rings. The first-order chi connectivity index (χ1) is 9.78. The van der Waals surface area contributed by atoms with Crippen LogP contribution >= 0.6 is 11.6 Å². The van der Waals surface area contributed by atoms with Gasteiger partial charge >= 0.3 is 5.97 Å². The Kier molecular flexibility index (Phi) is 4.14. The Balaban J connectivity index is 2.03. The van der Waals surface area contributed by atoms with Gasteiger partial charge in [0, 0.05) is 17.1 Å². The topological polar surface area (TPSA) is 75.6 Å². The molecule has 0 saturated heterocycles. The van der Waals surface area contributed by atoms with E-state index >= 15 is 0 Å². The zero-order valence-corrected chi connectivity index (χ0v) is 12.9. The minimum absolute atomic E-state index is 0.251. The lowest BCUT2D eigenvalue weighted by molar-refractivity contribution is -0.140. The van der Waals surface area contributed by atoms with Crippen molar-refractivity contribution < 1.29 is 19.4 Å². The van der Waals surface area contributed by atoms with E-state index in [-0.39, 0.29) is 12.5 Å². The molecule has 21 heavy (non-hydrogen) atoms. The predicted molar refractivity (Wildman–Crippen MR) is 78.2 cm³/mol. The summed E-state index contributed by atoms with van der Waals surface area (Å²) >= 11 is 5.93. The number of carbonyl (C=O) groups is 2. The summed E-state index contributed by atoms with van der Waals surface area (Å²) in [4.78, 5) is 23.2. The largest absolute Gasteiger partial charge is 0.496 e. The number of carboxylic acid groups (broad SMARTS) is 1. The number of benzene rings is 1. The lowest BCUT2D eigenvalue weighted by atomic mass is 10.1. The van der Waals surface area contributed by atoms with E-state index < -0.39 is 23.2 Å². The number of hydrogen-bond acceptors (Lipinski definition) is 3. The first kappa shape index (κ1) is 15.6. The summed E-state index contributed by atoms with van der Waals surface area (Å²) in [5, 5.41) is 12.4. The lowest BCUT2D eigenvalue weighted by Crippen LogP contribution is -2.27. The van der Waals surface area contributed by atoms with Gasteiger partial charge in [-0.15, -0.1) is 0 Å². The SMILES string of the molecule is COc1ccc(Cl)cc1CNC(=O)[C@@H]1[C@H](C(=O)O)C1(C)C. The molecule has 0 unspecified atom stereocenters. The zero-order valence-electron chi connectivity index (χ0n) is 12.1. The highest BCUT2D eigenvalue weighted by molar-refractivity contribution is 6.30. The normalized spacial score (nSPS) is 22.5. The molecule has 114 valence electrons. The molecule has 0 aliphatic heterocycles. The maximum Gasteiger partial charge on any atom is 0.307 e. The molecule has 0 heterocycles. The van der Waals surface area contributed by atoms with E-state index in [4.69, 9.17) is 21.4 Å². The van der Waals surface area contributed by atoms with Crippen molar-refractivity contribution in [2.75, 3.05) is 7.11 Å². The maximum atomic E-state index is 12.1. The number of aliphatic carboxylic acids is 1. The van der Waals surface area contributed by atoms with E-state index in [1.54, 1.807) is 39.2 Å². The van der Waals surface area contributed by atoms with E-state index in [0.29, 0.717) is 10.8 Å². The van der Waals surface area contributed by atoms with Crippen LogP contribution in [0.4, 0.5) is 0 Å². The molecular formula is C15H18ClNO4. The molecule has 0 spiro atoms. The maximum absolute atomic E-state index is 12.1. The van der Waals surface area contributed by atoms with Crippen molar-refractivity contribution in [1.29, 1.82) is 0 Å². The summed E-state index contributed by atoms with van der Waals surface area (Å²) < 4.78 is 5.20. The van der Waals surface area contributed by atoms with Crippen molar-refractivity contribution in [3.8, 4) is 5.75 Å². The van der Waals surface area contributed by atoms with Crippen molar-refractivity contribution in [2.24, 2.45) is 17.3 Å². The summed E-state index contributed by atoms with van der Waals surface area (Å²) in [5.74, 6) is -1.68. The second kappa shape index (κ2) is 5.56. The van der Waals surface area contributed by atoms with E-state index in [1.165, 1.54) is 0 Å². The zero-order chi connectivity index (χ0) is 15.8. The fourth-order valence-electron chi connectivity index (χ4n) is 2.77. The smallest absolute Gasteiger partial charge is 0.307 e. The van der Waals surface area contributed by atoms with Gasteiger partial charge in [0.15, 0.2) is 0 Å². The molecule has 2 N–H and O–H groups in total. The number of carbonyl (C=O) groups excluding carboxylic acids is 1. The van der Waals surface area contributed by atoms with E-state index in [2.05, 4.69) is 5.32 Å². The van der Waals surface area contributed by atoms with Crippen LogP contribution in [0, 0.1) is 17.3 Å². The molecule has 1 aliphatic carbocycles. The van der Waals surface area contributed by atoms with Gasteiger partial charge in [-0.05, 0) is 23.6 Å². The second-order valence-corrected chi connectivity index (χ2v) is 6.23. The summed E-state index contributed by atoms with van der Waals surface area (Å²) in [6, 6.07) is 5.15. The van der Waals surface area contributed by atoms with Crippen LogP contribution in [0.25, 0.3) is 0 Å². The summed E-state index contributed by atoms with van der Waals surface area (Å²) in [6.45, 7) is 3.83. The van der Waals surface area contributed by atoms with Gasteiger partial charge in [0.1, 0.15) is 5.75 Å². The van der Waals surface area contributed by atoms with Crippen molar-refractivity contribution >= 4 is 23.5 Å². The average molecular weight is 312 g/mol. The minimum Gasteiger partial charge on any atom is -0.496 e. The van der Waals surface area contributed by atoms with Gasteiger partial charge in [-0.3, -0.25) is 9.59 Å². The fraction of sp³-hybridized carbons (Fsp3) is 0.467. The third kappa shape index (κ3) is 2.97. The first-order valence-electron chi connectivity index (χ1n) is 6.62. The molecule has 0 radical (unpaired) electrons. The fourth-order valence-corrected chi connectivity index (χ4v) is 2.96. The Bertz CT molecular complexity index is 585. The summed E-state index contributed by atoms with van der Waals surface area (Å²) in [5.41, 5.74) is 0.248. The Hall–Kier alpha value is -1.75. The number of nitrogens with one attached hydrogen (secondary N) is 1. The number of ether oxygens (including phenoxy) is 1. The monoisotopic (exact) mass is 311 g/mol. The van der Waals surface area contributed by atoms with E-state index in [9.17, 15) is 9.59 Å². The highest BCUT2D eigenvalue weighted by atomic mass is 35.5. The van der Waals surface area contributed by atoms with Crippen LogP contribution in [0.1, 0.15) is 19.4 Å². The molecular weight excluding hydrogens is 294 g/mol. The summed E-state index contributed by atoms with van der Waals surface area (Å²) in [6.07, 6.45) is 0. The summed E-state index contributed by atoms with van der Waals surface area (Å²) in [7, 11) is 1.54. The number of hydrogen-bond donors (Lipinski definition) is 2. The molecule has 2 rings (SSSR count). The van der Waals surface area contributed by atoms with Gasteiger partial charge in [0.25, 0.3) is 0 Å². The van der Waals surface area contributed by atoms with Gasteiger partial charge < -0.3 is 15.2 Å². The van der Waals surface area contributed by atoms with E-state index in [1.807, 2.05) is 0 Å². The Morgan fingerprint density at radius 3 is 2.57 bits per heavy atom. The molecule has 1 amide bonds. The van der Waals surface area contributed by atoms with Crippen LogP contribution in [0.3, 0.4) is 0 Å². The van der Waals surface area contributed by atoms with Gasteiger partial charge in [-0.2, -0.15) is 0 Å². The highest BCUT2D eigenvalue weighted by Gasteiger charge is 2.65. The van der Waals surface area contributed by atoms with Crippen LogP contribution in [-0.4, -0.2) is 24.1 Å². The van der Waals surface area contributed by atoms with Crippen LogP contribution in [-0.2, 0) is 16.1 Å². The number of amides is 1. The van der Waals surface area contributed by atoms with Crippen molar-refractivity contribution in [2.45, 2.75) is 20.4 Å². The number of carboxylic acids is 1. The molecule has 1 aliphatic rings. The van der Waals surface area contributed by atoms with Crippen molar-refractivity contribution in [3.63, 3.8) is 0 Å². The van der Waals surface area contributed by atoms with Gasteiger partial charge in [-0.25, -0.2) is 0 Å².